The van der Waals surface area contributed by atoms with Crippen LogP contribution in [0.3, 0.4) is 0 Å². The summed E-state index contributed by atoms with van der Waals surface area (Å²) in [5, 5.41) is 2.76. The maximum absolute atomic E-state index is 6.19. The fourth-order valence-electron chi connectivity index (χ4n) is 1.42. The molecule has 0 aliphatic carbocycles. The topological polar surface area (TPSA) is 38.9 Å². The van der Waals surface area contributed by atoms with E-state index < -0.39 is 0 Å². The molecule has 1 unspecified atom stereocenters. The minimum absolute atomic E-state index is 0.0383. The molecule has 1 atom stereocenters. The van der Waals surface area contributed by atoms with Gasteiger partial charge in [-0.2, -0.15) is 0 Å². The smallest absolute Gasteiger partial charge is 0.154 e. The van der Waals surface area contributed by atoms with Gasteiger partial charge in [0.15, 0.2) is 4.34 Å². The summed E-state index contributed by atoms with van der Waals surface area (Å²) in [5.74, 6) is 0. The van der Waals surface area contributed by atoms with Crippen molar-refractivity contribution in [2.45, 2.75) is 29.1 Å². The zero-order valence-electron chi connectivity index (χ0n) is 9.61. The van der Waals surface area contributed by atoms with E-state index in [2.05, 4.69) is 4.98 Å². The molecule has 0 aliphatic rings. The molecule has 2 nitrogen and oxygen atoms in total. The van der Waals surface area contributed by atoms with Crippen molar-refractivity contribution in [2.24, 2.45) is 5.73 Å². The molecule has 1 aromatic carbocycles. The van der Waals surface area contributed by atoms with Crippen LogP contribution in [-0.4, -0.2) is 4.98 Å². The van der Waals surface area contributed by atoms with Gasteiger partial charge in [-0.1, -0.05) is 29.4 Å². The summed E-state index contributed by atoms with van der Waals surface area (Å²) in [7, 11) is 0. The van der Waals surface area contributed by atoms with Gasteiger partial charge < -0.3 is 5.73 Å². The molecule has 0 saturated heterocycles. The van der Waals surface area contributed by atoms with Crippen molar-refractivity contribution in [1.29, 1.82) is 0 Å². The minimum Gasteiger partial charge on any atom is -0.324 e. The van der Waals surface area contributed by atoms with Crippen molar-refractivity contribution >= 4 is 34.7 Å². The highest BCUT2D eigenvalue weighted by molar-refractivity contribution is 8.01. The molecule has 90 valence electrons. The van der Waals surface area contributed by atoms with Crippen molar-refractivity contribution in [3.05, 3.63) is 39.9 Å². The van der Waals surface area contributed by atoms with E-state index in [1.807, 2.05) is 37.4 Å². The van der Waals surface area contributed by atoms with E-state index in [1.165, 1.54) is 0 Å². The third-order valence-electron chi connectivity index (χ3n) is 2.27. The number of hydrogen-bond donors (Lipinski definition) is 1. The van der Waals surface area contributed by atoms with Gasteiger partial charge in [-0.25, -0.2) is 4.98 Å². The van der Waals surface area contributed by atoms with E-state index in [4.69, 9.17) is 17.3 Å². The average Bonchev–Trinajstić information content (AvgIpc) is 2.63. The van der Waals surface area contributed by atoms with Crippen molar-refractivity contribution in [3.8, 4) is 0 Å². The summed E-state index contributed by atoms with van der Waals surface area (Å²) in [6, 6.07) is 5.92. The largest absolute Gasteiger partial charge is 0.324 e. The molecule has 0 saturated carbocycles. The lowest BCUT2D eigenvalue weighted by atomic mass is 10.1. The average molecular weight is 285 g/mol. The quantitative estimate of drug-likeness (QED) is 0.914. The Morgan fingerprint density at radius 2 is 2.24 bits per heavy atom. The van der Waals surface area contributed by atoms with Crippen LogP contribution >= 0.6 is 34.7 Å². The number of halogens is 1. The Bertz CT molecular complexity index is 523. The van der Waals surface area contributed by atoms with Crippen LogP contribution in [0.2, 0.25) is 5.02 Å². The molecule has 0 fully saturated rings. The first-order chi connectivity index (χ1) is 8.06. The summed E-state index contributed by atoms with van der Waals surface area (Å²) in [6.07, 6.45) is 0. The van der Waals surface area contributed by atoms with Crippen LogP contribution < -0.4 is 5.73 Å². The first kappa shape index (κ1) is 12.9. The number of aryl methyl sites for hydroxylation is 1. The predicted molar refractivity (Wildman–Crippen MR) is 75.0 cm³/mol. The number of nitrogens with two attached hydrogens (primary N) is 1. The van der Waals surface area contributed by atoms with E-state index in [-0.39, 0.29) is 6.04 Å². The molecule has 2 aromatic rings. The molecule has 1 aromatic heterocycles. The van der Waals surface area contributed by atoms with E-state index >= 15 is 0 Å². The van der Waals surface area contributed by atoms with Crippen LogP contribution in [0.15, 0.2) is 32.8 Å². The highest BCUT2D eigenvalue weighted by atomic mass is 35.5. The van der Waals surface area contributed by atoms with E-state index in [9.17, 15) is 0 Å². The maximum Gasteiger partial charge on any atom is 0.154 e. The van der Waals surface area contributed by atoms with Gasteiger partial charge in [-0.3, -0.25) is 0 Å². The van der Waals surface area contributed by atoms with Gasteiger partial charge in [0, 0.05) is 27.0 Å². The second kappa shape index (κ2) is 5.40. The normalized spacial score (nSPS) is 12.7. The van der Waals surface area contributed by atoms with Gasteiger partial charge in [0.2, 0.25) is 0 Å². The van der Waals surface area contributed by atoms with Crippen LogP contribution in [0.1, 0.15) is 24.2 Å². The summed E-state index contributed by atoms with van der Waals surface area (Å²) < 4.78 is 1.03. The summed E-state index contributed by atoms with van der Waals surface area (Å²) in [5.41, 5.74) is 7.85. The maximum atomic E-state index is 6.19. The fourth-order valence-corrected chi connectivity index (χ4v) is 3.69. The van der Waals surface area contributed by atoms with Crippen molar-refractivity contribution in [3.63, 3.8) is 0 Å². The fraction of sp³-hybridized carbons (Fsp3) is 0.250. The summed E-state index contributed by atoms with van der Waals surface area (Å²) in [4.78, 5) is 5.50. The molecule has 2 rings (SSSR count). The van der Waals surface area contributed by atoms with Crippen LogP contribution in [-0.2, 0) is 0 Å². The van der Waals surface area contributed by atoms with Crippen molar-refractivity contribution in [2.75, 3.05) is 0 Å². The lowest BCUT2D eigenvalue weighted by molar-refractivity contribution is 0.817. The predicted octanol–water partition coefficient (Wildman–Crippen LogP) is 4.28. The second-order valence-corrected chi connectivity index (χ2v) is 6.41. The zero-order valence-corrected chi connectivity index (χ0v) is 12.0. The SMILES string of the molecule is Cc1csc(Sc2ccc(C(C)N)c(Cl)c2)n1. The van der Waals surface area contributed by atoms with Crippen LogP contribution in [0, 0.1) is 6.92 Å². The third-order valence-corrected chi connectivity index (χ3v) is 4.64. The minimum atomic E-state index is -0.0383. The molecule has 2 N–H and O–H groups in total. The molecule has 0 aliphatic heterocycles. The monoisotopic (exact) mass is 284 g/mol. The van der Waals surface area contributed by atoms with Crippen molar-refractivity contribution < 1.29 is 0 Å². The van der Waals surface area contributed by atoms with Gasteiger partial charge >= 0.3 is 0 Å². The molecular formula is C12H13ClN2S2. The summed E-state index contributed by atoms with van der Waals surface area (Å²) >= 11 is 9.46. The number of nitrogens with zero attached hydrogens (tertiary/aromatic N) is 1. The molecule has 0 spiro atoms. The number of hydrogen-bond acceptors (Lipinski definition) is 4. The van der Waals surface area contributed by atoms with Crippen LogP contribution in [0.4, 0.5) is 0 Å². The first-order valence-electron chi connectivity index (χ1n) is 5.21. The van der Waals surface area contributed by atoms with Crippen molar-refractivity contribution in [1.82, 2.24) is 4.98 Å². The Morgan fingerprint density at radius 3 is 2.76 bits per heavy atom. The lowest BCUT2D eigenvalue weighted by Crippen LogP contribution is -2.05. The van der Waals surface area contributed by atoms with Gasteiger partial charge in [-0.05, 0) is 31.5 Å². The number of rotatable bonds is 3. The Kier molecular flexibility index (Phi) is 4.09. The van der Waals surface area contributed by atoms with E-state index in [1.54, 1.807) is 23.1 Å². The first-order valence-corrected chi connectivity index (χ1v) is 7.28. The number of thiazole rings is 1. The number of aromatic nitrogens is 1. The number of benzene rings is 1. The van der Waals surface area contributed by atoms with Gasteiger partial charge in [0.1, 0.15) is 0 Å². The molecular weight excluding hydrogens is 272 g/mol. The molecule has 0 amide bonds. The highest BCUT2D eigenvalue weighted by Gasteiger charge is 2.08. The molecule has 1 heterocycles. The zero-order chi connectivity index (χ0) is 12.4. The highest BCUT2D eigenvalue weighted by Crippen LogP contribution is 2.33. The Balaban J connectivity index is 2.20. The van der Waals surface area contributed by atoms with E-state index in [0.717, 1.165) is 25.5 Å². The standard InChI is InChI=1S/C12H13ClN2S2/c1-7-6-16-12(15-7)17-9-3-4-10(8(2)14)11(13)5-9/h3-6,8H,14H2,1-2H3. The molecule has 17 heavy (non-hydrogen) atoms. The second-order valence-electron chi connectivity index (χ2n) is 3.83. The third kappa shape index (κ3) is 3.22. The van der Waals surface area contributed by atoms with E-state index in [0.29, 0.717) is 0 Å². The Labute approximate surface area is 114 Å². The van der Waals surface area contributed by atoms with Crippen LogP contribution in [0.5, 0.6) is 0 Å². The lowest BCUT2D eigenvalue weighted by Gasteiger charge is -2.09. The molecule has 0 bridgehead atoms. The van der Waals surface area contributed by atoms with Gasteiger partial charge in [-0.15, -0.1) is 11.3 Å². The Hall–Kier alpha value is -0.550. The summed E-state index contributed by atoms with van der Waals surface area (Å²) in [6.45, 7) is 3.92. The molecule has 0 radical (unpaired) electrons. The van der Waals surface area contributed by atoms with Crippen LogP contribution in [0.25, 0.3) is 0 Å². The van der Waals surface area contributed by atoms with Gasteiger partial charge in [0.25, 0.3) is 0 Å². The Morgan fingerprint density at radius 1 is 1.47 bits per heavy atom. The molecule has 5 heteroatoms. The van der Waals surface area contributed by atoms with Gasteiger partial charge in [0.05, 0.1) is 0 Å².